The van der Waals surface area contributed by atoms with Crippen LogP contribution in [0.15, 0.2) is 30.3 Å². The zero-order valence-electron chi connectivity index (χ0n) is 9.30. The highest BCUT2D eigenvalue weighted by molar-refractivity contribution is 6.02. The summed E-state index contributed by atoms with van der Waals surface area (Å²) in [7, 11) is 1.69. The molecule has 0 saturated carbocycles. The lowest BCUT2D eigenvalue weighted by Gasteiger charge is -2.03. The molecule has 2 rings (SSSR count). The molecule has 1 amide bonds. The minimum absolute atomic E-state index is 0.0995. The monoisotopic (exact) mass is 235 g/mol. The van der Waals surface area contributed by atoms with Gasteiger partial charge in [0, 0.05) is 7.05 Å². The summed E-state index contributed by atoms with van der Waals surface area (Å²) in [5.41, 5.74) is 0.331. The molecule has 1 aliphatic rings. The molecule has 1 saturated heterocycles. The van der Waals surface area contributed by atoms with Crippen LogP contribution in [0.25, 0.3) is 0 Å². The van der Waals surface area contributed by atoms with Crippen molar-refractivity contribution in [3.8, 4) is 0 Å². The first-order valence-electron chi connectivity index (χ1n) is 4.88. The van der Waals surface area contributed by atoms with Crippen LogP contribution in [0.3, 0.4) is 0 Å². The number of carboxylic acids is 1. The maximum absolute atomic E-state index is 10.4. The number of nitrogens with zero attached hydrogens (tertiary/aromatic N) is 1. The fourth-order valence-corrected chi connectivity index (χ4v) is 1.14. The Balaban J connectivity index is 0.000000171. The van der Waals surface area contributed by atoms with Crippen molar-refractivity contribution >= 4 is 17.8 Å². The van der Waals surface area contributed by atoms with Gasteiger partial charge in [0.05, 0.1) is 12.1 Å². The van der Waals surface area contributed by atoms with Crippen LogP contribution in [0, 0.1) is 5.41 Å². The number of carbonyl (C=O) groups is 2. The van der Waals surface area contributed by atoms with E-state index in [1.165, 1.54) is 0 Å². The molecule has 6 nitrogen and oxygen atoms in total. The summed E-state index contributed by atoms with van der Waals surface area (Å²) in [5.74, 6) is -0.789. The van der Waals surface area contributed by atoms with Gasteiger partial charge in [0.2, 0.25) is 5.91 Å². The number of benzene rings is 1. The largest absolute Gasteiger partial charge is 0.478 e. The Kier molecular flexibility index (Phi) is 4.21. The number of amides is 1. The van der Waals surface area contributed by atoms with Crippen molar-refractivity contribution < 1.29 is 14.7 Å². The molecule has 0 radical (unpaired) electrons. The van der Waals surface area contributed by atoms with Crippen molar-refractivity contribution in [3.05, 3.63) is 35.9 Å². The molecule has 1 aliphatic heterocycles. The molecule has 17 heavy (non-hydrogen) atoms. The van der Waals surface area contributed by atoms with Gasteiger partial charge in [0.15, 0.2) is 5.96 Å². The van der Waals surface area contributed by atoms with Gasteiger partial charge in [-0.3, -0.25) is 15.5 Å². The Morgan fingerprint density at radius 3 is 2.24 bits per heavy atom. The van der Waals surface area contributed by atoms with Crippen molar-refractivity contribution in [1.29, 1.82) is 5.41 Å². The summed E-state index contributed by atoms with van der Waals surface area (Å²) in [5, 5.41) is 17.7. The van der Waals surface area contributed by atoms with E-state index in [1.54, 1.807) is 42.3 Å². The summed E-state index contributed by atoms with van der Waals surface area (Å²) in [4.78, 5) is 22.1. The molecular formula is C11H13N3O3. The fraction of sp³-hybridized carbons (Fsp3) is 0.182. The van der Waals surface area contributed by atoms with Crippen LogP contribution >= 0.6 is 0 Å². The van der Waals surface area contributed by atoms with Crippen molar-refractivity contribution in [2.24, 2.45) is 0 Å². The molecule has 1 aromatic carbocycles. The highest BCUT2D eigenvalue weighted by atomic mass is 16.4. The van der Waals surface area contributed by atoms with Gasteiger partial charge < -0.3 is 10.0 Å². The van der Waals surface area contributed by atoms with Gasteiger partial charge in [-0.15, -0.1) is 0 Å². The molecule has 6 heteroatoms. The topological polar surface area (TPSA) is 93.5 Å². The zero-order valence-corrected chi connectivity index (χ0v) is 9.30. The number of likely N-dealkylation sites (N-methyl/N-ethyl adjacent to an activating group) is 1. The Bertz CT molecular complexity index is 431. The van der Waals surface area contributed by atoms with Crippen LogP contribution in [0.2, 0.25) is 0 Å². The minimum atomic E-state index is -0.879. The smallest absolute Gasteiger partial charge is 0.335 e. The first-order valence-corrected chi connectivity index (χ1v) is 4.88. The summed E-state index contributed by atoms with van der Waals surface area (Å²) < 4.78 is 0. The van der Waals surface area contributed by atoms with E-state index < -0.39 is 5.97 Å². The van der Waals surface area contributed by atoms with Gasteiger partial charge in [-0.25, -0.2) is 4.79 Å². The van der Waals surface area contributed by atoms with E-state index in [0.29, 0.717) is 12.1 Å². The quantitative estimate of drug-likeness (QED) is 0.655. The second kappa shape index (κ2) is 5.64. The van der Waals surface area contributed by atoms with E-state index in [4.69, 9.17) is 10.5 Å². The fourth-order valence-electron chi connectivity index (χ4n) is 1.14. The molecule has 0 spiro atoms. The third-order valence-corrected chi connectivity index (χ3v) is 2.04. The van der Waals surface area contributed by atoms with Crippen molar-refractivity contribution in [3.63, 3.8) is 0 Å². The molecule has 1 heterocycles. The summed E-state index contributed by atoms with van der Waals surface area (Å²) in [6, 6.07) is 8.30. The van der Waals surface area contributed by atoms with Crippen molar-refractivity contribution in [2.75, 3.05) is 13.6 Å². The third-order valence-electron chi connectivity index (χ3n) is 2.04. The Labute approximate surface area is 98.4 Å². The highest BCUT2D eigenvalue weighted by Crippen LogP contribution is 1.96. The van der Waals surface area contributed by atoms with Gasteiger partial charge in [-0.1, -0.05) is 18.2 Å². The Hall–Kier alpha value is -2.37. The molecule has 3 N–H and O–H groups in total. The van der Waals surface area contributed by atoms with Crippen LogP contribution in [0.4, 0.5) is 0 Å². The summed E-state index contributed by atoms with van der Waals surface area (Å²) >= 11 is 0. The van der Waals surface area contributed by atoms with E-state index in [9.17, 15) is 9.59 Å². The van der Waals surface area contributed by atoms with E-state index in [2.05, 4.69) is 5.32 Å². The highest BCUT2D eigenvalue weighted by Gasteiger charge is 2.18. The SMILES string of the molecule is CN1CC(=O)NC1=N.O=C(O)c1ccccc1. The lowest BCUT2D eigenvalue weighted by atomic mass is 10.2. The number of carboxylic acid groups (broad SMARTS) is 1. The van der Waals surface area contributed by atoms with E-state index in [0.717, 1.165) is 0 Å². The first-order chi connectivity index (χ1) is 8.00. The molecule has 1 aromatic rings. The number of rotatable bonds is 1. The van der Waals surface area contributed by atoms with Crippen molar-refractivity contribution in [2.45, 2.75) is 0 Å². The Morgan fingerprint density at radius 1 is 1.41 bits per heavy atom. The lowest BCUT2D eigenvalue weighted by Crippen LogP contribution is -2.25. The number of hydrogen-bond donors (Lipinski definition) is 3. The molecule has 0 aliphatic carbocycles. The van der Waals surface area contributed by atoms with E-state index in [1.807, 2.05) is 0 Å². The van der Waals surface area contributed by atoms with E-state index >= 15 is 0 Å². The van der Waals surface area contributed by atoms with Gasteiger partial charge in [0.1, 0.15) is 0 Å². The normalized spacial score (nSPS) is 13.8. The maximum Gasteiger partial charge on any atom is 0.335 e. The van der Waals surface area contributed by atoms with Gasteiger partial charge in [0.25, 0.3) is 0 Å². The predicted octanol–water partition coefficient (Wildman–Crippen LogP) is 0.368. The van der Waals surface area contributed by atoms with Crippen LogP contribution < -0.4 is 5.32 Å². The van der Waals surface area contributed by atoms with Gasteiger partial charge in [-0.05, 0) is 12.1 Å². The van der Waals surface area contributed by atoms with Crippen molar-refractivity contribution in [1.82, 2.24) is 10.2 Å². The van der Waals surface area contributed by atoms with Crippen LogP contribution in [0.1, 0.15) is 10.4 Å². The lowest BCUT2D eigenvalue weighted by molar-refractivity contribution is -0.118. The maximum atomic E-state index is 10.4. The summed E-state index contributed by atoms with van der Waals surface area (Å²) in [6.07, 6.45) is 0. The number of guanidine groups is 1. The predicted molar refractivity (Wildman–Crippen MR) is 61.9 cm³/mol. The molecule has 0 aromatic heterocycles. The van der Waals surface area contributed by atoms with E-state index in [-0.39, 0.29) is 11.9 Å². The molecule has 0 bridgehead atoms. The molecule has 1 fully saturated rings. The standard InChI is InChI=1S/C7H6O2.C4H7N3O/c8-7(9)6-4-2-1-3-5-6;1-7-2-3(8)6-4(7)5/h1-5H,(H,8,9);2H2,1H3,(H2,5,6,8). The molecule has 0 atom stereocenters. The van der Waals surface area contributed by atoms with Crippen LogP contribution in [0.5, 0.6) is 0 Å². The second-order valence-electron chi connectivity index (χ2n) is 3.42. The Morgan fingerprint density at radius 2 is 2.00 bits per heavy atom. The van der Waals surface area contributed by atoms with Crippen LogP contribution in [-0.2, 0) is 4.79 Å². The van der Waals surface area contributed by atoms with Crippen LogP contribution in [-0.4, -0.2) is 41.4 Å². The third kappa shape index (κ3) is 3.94. The van der Waals surface area contributed by atoms with Gasteiger partial charge >= 0.3 is 5.97 Å². The number of aromatic carboxylic acids is 1. The average molecular weight is 235 g/mol. The number of hydrogen-bond acceptors (Lipinski definition) is 3. The second-order valence-corrected chi connectivity index (χ2v) is 3.42. The first kappa shape index (κ1) is 12.7. The number of nitrogens with one attached hydrogen (secondary N) is 2. The minimum Gasteiger partial charge on any atom is -0.478 e. The molecular weight excluding hydrogens is 222 g/mol. The molecule has 90 valence electrons. The molecule has 0 unspecified atom stereocenters. The zero-order chi connectivity index (χ0) is 12.8. The van der Waals surface area contributed by atoms with Gasteiger partial charge in [-0.2, -0.15) is 0 Å². The average Bonchev–Trinajstić information content (AvgIpc) is 2.58. The number of carbonyl (C=O) groups excluding carboxylic acids is 1. The summed E-state index contributed by atoms with van der Waals surface area (Å²) in [6.45, 7) is 0.318.